The van der Waals surface area contributed by atoms with Gasteiger partial charge in [-0.1, -0.05) is 23.7 Å². The number of hydrogen-bond donors (Lipinski definition) is 0. The van der Waals surface area contributed by atoms with Gasteiger partial charge in [-0.2, -0.15) is 4.31 Å². The molecule has 0 N–H and O–H groups in total. The van der Waals surface area contributed by atoms with Crippen molar-refractivity contribution in [2.75, 3.05) is 6.26 Å². The second kappa shape index (κ2) is 6.96. The van der Waals surface area contributed by atoms with Crippen LogP contribution in [0.5, 0.6) is 0 Å². The van der Waals surface area contributed by atoms with Crippen LogP contribution in [0, 0.1) is 0 Å². The number of sulfone groups is 1. The van der Waals surface area contributed by atoms with Gasteiger partial charge in [0.05, 0.1) is 9.79 Å². The van der Waals surface area contributed by atoms with Crippen LogP contribution >= 0.6 is 11.6 Å². The summed E-state index contributed by atoms with van der Waals surface area (Å²) in [4.78, 5) is 0.192. The van der Waals surface area contributed by atoms with E-state index in [9.17, 15) is 16.8 Å². The van der Waals surface area contributed by atoms with Crippen LogP contribution in [0.2, 0.25) is 5.02 Å². The van der Waals surface area contributed by atoms with E-state index in [1.165, 1.54) is 28.6 Å². The van der Waals surface area contributed by atoms with Gasteiger partial charge in [-0.05, 0) is 61.7 Å². The van der Waals surface area contributed by atoms with E-state index in [4.69, 9.17) is 11.6 Å². The number of nitrogens with zero attached hydrogens (tertiary/aromatic N) is 1. The summed E-state index contributed by atoms with van der Waals surface area (Å²) >= 11 is 5.93. The monoisotopic (exact) mass is 413 g/mol. The molecule has 0 bridgehead atoms. The zero-order valence-electron chi connectivity index (χ0n) is 14.5. The molecular formula is C18H20ClNO4S2. The van der Waals surface area contributed by atoms with E-state index in [1.807, 2.05) is 19.1 Å². The molecule has 1 unspecified atom stereocenters. The molecular weight excluding hydrogens is 394 g/mol. The van der Waals surface area contributed by atoms with E-state index in [0.29, 0.717) is 5.02 Å². The van der Waals surface area contributed by atoms with Gasteiger partial charge < -0.3 is 0 Å². The van der Waals surface area contributed by atoms with Crippen molar-refractivity contribution in [1.82, 2.24) is 4.31 Å². The number of hydrogen-bond acceptors (Lipinski definition) is 4. The Morgan fingerprint density at radius 2 is 1.42 bits per heavy atom. The van der Waals surface area contributed by atoms with Crippen LogP contribution in [0.15, 0.2) is 58.3 Å². The van der Waals surface area contributed by atoms with Crippen molar-refractivity contribution in [2.24, 2.45) is 0 Å². The average molecular weight is 414 g/mol. The van der Waals surface area contributed by atoms with E-state index in [1.54, 1.807) is 12.1 Å². The molecule has 3 rings (SSSR count). The predicted octanol–water partition coefficient (Wildman–Crippen LogP) is 3.66. The minimum absolute atomic E-state index is 0.0414. The molecule has 0 radical (unpaired) electrons. The molecule has 0 aromatic heterocycles. The Morgan fingerprint density at radius 1 is 0.923 bits per heavy atom. The Kier molecular flexibility index (Phi) is 5.18. The summed E-state index contributed by atoms with van der Waals surface area (Å²) < 4.78 is 51.1. The summed E-state index contributed by atoms with van der Waals surface area (Å²) in [6, 6.07) is 12.1. The topological polar surface area (TPSA) is 71.5 Å². The van der Waals surface area contributed by atoms with Crippen LogP contribution < -0.4 is 0 Å². The Bertz CT molecular complexity index is 996. The van der Waals surface area contributed by atoms with Crippen molar-refractivity contribution in [3.8, 4) is 0 Å². The molecule has 0 amide bonds. The van der Waals surface area contributed by atoms with Gasteiger partial charge in [-0.25, -0.2) is 16.8 Å². The number of halogens is 1. The quantitative estimate of drug-likeness (QED) is 0.724. The number of benzene rings is 2. The largest absolute Gasteiger partial charge is 0.243 e. The minimum atomic E-state index is -3.75. The van der Waals surface area contributed by atoms with Gasteiger partial charge in [0.2, 0.25) is 10.0 Å². The van der Waals surface area contributed by atoms with Crippen molar-refractivity contribution < 1.29 is 16.8 Å². The average Bonchev–Trinajstić information content (AvgIpc) is 3.39. The van der Waals surface area contributed by atoms with Gasteiger partial charge in [0.25, 0.3) is 0 Å². The summed E-state index contributed by atoms with van der Waals surface area (Å²) in [5.74, 6) is 0. The van der Waals surface area contributed by atoms with E-state index < -0.39 is 19.9 Å². The number of rotatable bonds is 6. The molecule has 0 aliphatic heterocycles. The lowest BCUT2D eigenvalue weighted by molar-refractivity contribution is 0.334. The van der Waals surface area contributed by atoms with Gasteiger partial charge >= 0.3 is 0 Å². The van der Waals surface area contributed by atoms with E-state index in [2.05, 4.69) is 0 Å². The van der Waals surface area contributed by atoms with Gasteiger partial charge in [0.1, 0.15) is 0 Å². The lowest BCUT2D eigenvalue weighted by Gasteiger charge is -2.29. The third-order valence-electron chi connectivity index (χ3n) is 4.47. The molecule has 1 aliphatic carbocycles. The van der Waals surface area contributed by atoms with Crippen LogP contribution in [0.3, 0.4) is 0 Å². The van der Waals surface area contributed by atoms with Crippen LogP contribution in [-0.2, 0) is 19.9 Å². The fourth-order valence-corrected chi connectivity index (χ4v) is 5.54. The van der Waals surface area contributed by atoms with Crippen molar-refractivity contribution >= 4 is 31.5 Å². The summed E-state index contributed by atoms with van der Waals surface area (Å²) in [6.07, 6.45) is 2.73. The Morgan fingerprint density at radius 3 is 1.88 bits per heavy atom. The van der Waals surface area contributed by atoms with Gasteiger partial charge in [-0.3, -0.25) is 0 Å². The Labute approximate surface area is 159 Å². The van der Waals surface area contributed by atoms with Crippen molar-refractivity contribution in [3.05, 3.63) is 59.1 Å². The molecule has 26 heavy (non-hydrogen) atoms. The second-order valence-corrected chi connectivity index (χ2v) is 10.8. The third-order valence-corrected chi connectivity index (χ3v) is 7.89. The van der Waals surface area contributed by atoms with Gasteiger partial charge in [0, 0.05) is 23.4 Å². The van der Waals surface area contributed by atoms with Crippen molar-refractivity contribution in [1.29, 1.82) is 0 Å². The van der Waals surface area contributed by atoms with E-state index in [-0.39, 0.29) is 21.9 Å². The third kappa shape index (κ3) is 3.96. The molecule has 2 aromatic rings. The highest BCUT2D eigenvalue weighted by atomic mass is 35.5. The maximum absolute atomic E-state index is 13.2. The minimum Gasteiger partial charge on any atom is -0.224 e. The maximum atomic E-state index is 13.2. The molecule has 140 valence electrons. The Balaban J connectivity index is 1.97. The summed E-state index contributed by atoms with van der Waals surface area (Å²) in [5.41, 5.74) is 0.859. The van der Waals surface area contributed by atoms with Crippen molar-refractivity contribution in [3.63, 3.8) is 0 Å². The molecule has 1 saturated carbocycles. The molecule has 0 spiro atoms. The maximum Gasteiger partial charge on any atom is 0.243 e. The lowest BCUT2D eigenvalue weighted by Crippen LogP contribution is -2.35. The van der Waals surface area contributed by atoms with Crippen LogP contribution in [0.25, 0.3) is 0 Å². The number of sulfonamides is 1. The zero-order chi connectivity index (χ0) is 19.1. The fraction of sp³-hybridized carbons (Fsp3) is 0.333. The van der Waals surface area contributed by atoms with E-state index in [0.717, 1.165) is 24.7 Å². The first-order valence-electron chi connectivity index (χ1n) is 8.20. The second-order valence-electron chi connectivity index (χ2n) is 6.54. The first-order chi connectivity index (χ1) is 12.1. The highest BCUT2D eigenvalue weighted by Gasteiger charge is 2.41. The molecule has 0 saturated heterocycles. The SMILES string of the molecule is CC(c1ccc(Cl)cc1)N(C1CC1)S(=O)(=O)c1ccc(S(C)(=O)=O)cc1. The predicted molar refractivity (Wildman–Crippen MR) is 101 cm³/mol. The lowest BCUT2D eigenvalue weighted by atomic mass is 10.1. The normalized spacial score (nSPS) is 16.6. The zero-order valence-corrected chi connectivity index (χ0v) is 16.9. The standard InChI is InChI=1S/C18H20ClNO4S2/c1-13(14-3-5-15(19)6-4-14)20(16-7-8-16)26(23,24)18-11-9-17(10-12-18)25(2,21)22/h3-6,9-13,16H,7-8H2,1-2H3. The van der Waals surface area contributed by atoms with Crippen LogP contribution in [-0.4, -0.2) is 33.4 Å². The summed E-state index contributed by atoms with van der Waals surface area (Å²) in [6.45, 7) is 1.85. The molecule has 5 nitrogen and oxygen atoms in total. The smallest absolute Gasteiger partial charge is 0.224 e. The molecule has 0 heterocycles. The molecule has 1 aliphatic rings. The highest BCUT2D eigenvalue weighted by Crippen LogP contribution is 2.39. The first-order valence-corrected chi connectivity index (χ1v) is 11.9. The van der Waals surface area contributed by atoms with E-state index >= 15 is 0 Å². The van der Waals surface area contributed by atoms with Crippen LogP contribution in [0.4, 0.5) is 0 Å². The Hall–Kier alpha value is -1.41. The van der Waals surface area contributed by atoms with Gasteiger partial charge in [0.15, 0.2) is 9.84 Å². The summed E-state index contributed by atoms with van der Waals surface area (Å²) in [5, 5.41) is 0.596. The first kappa shape index (κ1) is 19.4. The molecule has 2 aromatic carbocycles. The van der Waals surface area contributed by atoms with Crippen molar-refractivity contribution in [2.45, 2.75) is 41.6 Å². The molecule has 1 atom stereocenters. The highest BCUT2D eigenvalue weighted by molar-refractivity contribution is 7.90. The summed E-state index contributed by atoms with van der Waals surface area (Å²) in [7, 11) is -7.13. The fourth-order valence-electron chi connectivity index (χ4n) is 2.92. The molecule has 1 fully saturated rings. The molecule has 8 heteroatoms. The van der Waals surface area contributed by atoms with Gasteiger partial charge in [-0.15, -0.1) is 0 Å². The van der Waals surface area contributed by atoms with Crippen LogP contribution in [0.1, 0.15) is 31.4 Å².